The first-order valence-electron chi connectivity index (χ1n) is 12.2. The number of carbonyl (C=O) groups is 3. The second-order valence-corrected chi connectivity index (χ2v) is 12.3. The Balaban J connectivity index is 1.20. The number of benzene rings is 2. The molecule has 0 radical (unpaired) electrons. The lowest BCUT2D eigenvalue weighted by molar-refractivity contribution is -0.143. The van der Waals surface area contributed by atoms with E-state index in [0.717, 1.165) is 21.9 Å². The first-order chi connectivity index (χ1) is 17.5. The van der Waals surface area contributed by atoms with Crippen LogP contribution in [-0.2, 0) is 14.4 Å². The molecule has 2 aliphatic heterocycles. The zero-order chi connectivity index (χ0) is 24.6. The van der Waals surface area contributed by atoms with Gasteiger partial charge in [0, 0.05) is 21.7 Å². The highest BCUT2D eigenvalue weighted by molar-refractivity contribution is 8.00. The van der Waals surface area contributed by atoms with Gasteiger partial charge in [-0.15, -0.1) is 11.8 Å². The number of hydrogen-bond donors (Lipinski definition) is 2. The molecule has 2 bridgehead atoms. The van der Waals surface area contributed by atoms with Crippen molar-refractivity contribution in [3.8, 4) is 0 Å². The Morgan fingerprint density at radius 2 is 1.61 bits per heavy atom. The number of thiazole rings is 1. The lowest BCUT2D eigenvalue weighted by atomic mass is 9.68. The number of hydrogen-bond acceptors (Lipinski definition) is 6. The maximum atomic E-state index is 13.6. The molecule has 4 aliphatic rings. The van der Waals surface area contributed by atoms with Crippen LogP contribution in [0.2, 0.25) is 0 Å². The van der Waals surface area contributed by atoms with Crippen molar-refractivity contribution in [3.05, 3.63) is 80.8 Å². The molecule has 0 spiro atoms. The highest BCUT2D eigenvalue weighted by Crippen LogP contribution is 2.68. The molecule has 7 nitrogen and oxygen atoms in total. The van der Waals surface area contributed by atoms with Gasteiger partial charge in [0.05, 0.1) is 16.9 Å². The summed E-state index contributed by atoms with van der Waals surface area (Å²) in [6.45, 7) is -0.260. The van der Waals surface area contributed by atoms with Gasteiger partial charge in [-0.25, -0.2) is 0 Å². The maximum Gasteiger partial charge on any atom is 0.305 e. The van der Waals surface area contributed by atoms with Crippen LogP contribution in [0.1, 0.15) is 22.8 Å². The van der Waals surface area contributed by atoms with Crippen molar-refractivity contribution in [2.75, 3.05) is 11.9 Å². The monoisotopic (exact) mass is 517 g/mol. The third-order valence-corrected chi connectivity index (χ3v) is 10.9. The normalized spacial score (nSPS) is 31.8. The molecule has 1 aromatic heterocycles. The van der Waals surface area contributed by atoms with E-state index >= 15 is 0 Å². The number of H-pyrrole nitrogens is 1. The Bertz CT molecular complexity index is 1440. The quantitative estimate of drug-likeness (QED) is 0.516. The second-order valence-electron chi connectivity index (χ2n) is 10.0. The Kier molecular flexibility index (Phi) is 5.01. The van der Waals surface area contributed by atoms with Crippen molar-refractivity contribution in [1.82, 2.24) is 9.88 Å². The van der Waals surface area contributed by atoms with Gasteiger partial charge in [0.1, 0.15) is 6.54 Å². The molecule has 2 aliphatic carbocycles. The number of para-hydroxylation sites is 1. The van der Waals surface area contributed by atoms with Crippen LogP contribution in [0, 0.1) is 29.6 Å². The molecule has 2 saturated carbocycles. The number of carbonyl (C=O) groups excluding carboxylic acids is 3. The van der Waals surface area contributed by atoms with Gasteiger partial charge in [-0.3, -0.25) is 24.1 Å². The summed E-state index contributed by atoms with van der Waals surface area (Å²) in [5.74, 6) is -1.30. The molecule has 36 heavy (non-hydrogen) atoms. The van der Waals surface area contributed by atoms with Crippen molar-refractivity contribution in [3.63, 3.8) is 0 Å². The second kappa shape index (κ2) is 8.18. The predicted octanol–water partition coefficient (Wildman–Crippen LogP) is 3.55. The number of rotatable bonds is 4. The van der Waals surface area contributed by atoms with Crippen LogP contribution in [-0.4, -0.2) is 39.4 Å². The third-order valence-electron chi connectivity index (χ3n) is 8.33. The topological polar surface area (TPSA) is 99.3 Å². The molecule has 1 saturated heterocycles. The number of anilines is 1. The van der Waals surface area contributed by atoms with E-state index in [4.69, 9.17) is 0 Å². The molecule has 3 heterocycles. The lowest BCUT2D eigenvalue weighted by Crippen LogP contribution is -2.42. The van der Waals surface area contributed by atoms with E-state index in [0.29, 0.717) is 5.69 Å². The Labute approximate surface area is 215 Å². The van der Waals surface area contributed by atoms with Crippen molar-refractivity contribution in [2.45, 2.75) is 22.6 Å². The number of aromatic nitrogens is 1. The van der Waals surface area contributed by atoms with Crippen LogP contribution >= 0.6 is 23.1 Å². The average Bonchev–Trinajstić information content (AvgIpc) is 3.61. The third kappa shape index (κ3) is 3.18. The van der Waals surface area contributed by atoms with Crippen molar-refractivity contribution < 1.29 is 14.4 Å². The number of likely N-dealkylation sites (tertiary alicyclic amines) is 1. The fourth-order valence-electron chi connectivity index (χ4n) is 7.13. The van der Waals surface area contributed by atoms with Gasteiger partial charge in [-0.05, 0) is 41.9 Å². The molecule has 7 atom stereocenters. The minimum absolute atomic E-state index is 0.0191. The van der Waals surface area contributed by atoms with Gasteiger partial charge in [0.15, 0.2) is 0 Å². The molecule has 2 aromatic carbocycles. The highest BCUT2D eigenvalue weighted by Gasteiger charge is 2.69. The first-order valence-corrected chi connectivity index (χ1v) is 13.9. The number of fused-ring (bicyclic) bond motifs is 9. The minimum Gasteiger partial charge on any atom is -0.325 e. The van der Waals surface area contributed by atoms with Crippen LogP contribution < -0.4 is 10.2 Å². The van der Waals surface area contributed by atoms with E-state index in [1.165, 1.54) is 16.2 Å². The summed E-state index contributed by atoms with van der Waals surface area (Å²) >= 11 is 2.93. The van der Waals surface area contributed by atoms with E-state index in [9.17, 15) is 19.2 Å². The summed E-state index contributed by atoms with van der Waals surface area (Å²) in [6, 6.07) is 19.2. The Morgan fingerprint density at radius 3 is 2.33 bits per heavy atom. The van der Waals surface area contributed by atoms with Crippen LogP contribution in [0.3, 0.4) is 0 Å². The number of amides is 3. The molecular weight excluding hydrogens is 494 g/mol. The van der Waals surface area contributed by atoms with Crippen LogP contribution in [0.15, 0.2) is 70.5 Å². The molecule has 182 valence electrons. The van der Waals surface area contributed by atoms with E-state index in [1.54, 1.807) is 23.9 Å². The SMILES string of the molecule is O=C(CN1C(=O)[C@@H]2[C@H]3C[C@@H]([C@H]4Sc5[nH]c(=O)sc5[C@H](c5ccccc5)[C@@H]34)[C@H]2C1=O)Nc1ccccc1. The van der Waals surface area contributed by atoms with Crippen molar-refractivity contribution >= 4 is 46.5 Å². The molecule has 9 heteroatoms. The van der Waals surface area contributed by atoms with Crippen LogP contribution in [0.25, 0.3) is 0 Å². The number of aromatic amines is 1. The summed E-state index contributed by atoms with van der Waals surface area (Å²) < 4.78 is 0. The fraction of sp³-hybridized carbons (Fsp3) is 0.333. The largest absolute Gasteiger partial charge is 0.325 e. The summed E-state index contributed by atoms with van der Waals surface area (Å²) in [5, 5.41) is 3.83. The zero-order valence-electron chi connectivity index (χ0n) is 19.1. The standard InChI is InChI=1S/C27H23N3O4S2/c31-17(28-14-9-5-2-6-10-14)12-30-25(32)20-15-11-16(21(20)26(30)33)22-19(15)18(13-7-3-1-4-8-13)23-24(35-22)29-27(34)36-23/h1-10,15-16,18-22H,11-12H2,(H,28,31)(H,29,34)/t15-,16+,18+,19+,20+,21+,22+/m0/s1. The number of thioether (sulfide) groups is 1. The van der Waals surface area contributed by atoms with Crippen molar-refractivity contribution in [2.24, 2.45) is 29.6 Å². The molecule has 7 rings (SSSR count). The lowest BCUT2D eigenvalue weighted by Gasteiger charge is -2.43. The van der Waals surface area contributed by atoms with E-state index in [1.807, 2.05) is 36.4 Å². The first kappa shape index (κ1) is 22.1. The van der Waals surface area contributed by atoms with E-state index in [-0.39, 0.29) is 64.0 Å². The fourth-order valence-corrected chi connectivity index (χ4v) is 10.0. The molecule has 2 N–H and O–H groups in total. The highest BCUT2D eigenvalue weighted by atomic mass is 32.2. The zero-order valence-corrected chi connectivity index (χ0v) is 20.8. The summed E-state index contributed by atoms with van der Waals surface area (Å²) in [4.78, 5) is 57.3. The van der Waals surface area contributed by atoms with Crippen molar-refractivity contribution in [1.29, 1.82) is 0 Å². The Hall–Kier alpha value is -3.17. The summed E-state index contributed by atoms with van der Waals surface area (Å²) in [7, 11) is 0. The Morgan fingerprint density at radius 1 is 0.944 bits per heavy atom. The van der Waals surface area contributed by atoms with Gasteiger partial charge in [-0.1, -0.05) is 59.9 Å². The predicted molar refractivity (Wildman–Crippen MR) is 137 cm³/mol. The summed E-state index contributed by atoms with van der Waals surface area (Å²) in [6.07, 6.45) is 0.835. The van der Waals surface area contributed by atoms with Crippen LogP contribution in [0.4, 0.5) is 5.69 Å². The van der Waals surface area contributed by atoms with E-state index < -0.39 is 5.92 Å². The van der Waals surface area contributed by atoms with E-state index in [2.05, 4.69) is 22.4 Å². The van der Waals surface area contributed by atoms with Gasteiger partial charge < -0.3 is 10.3 Å². The number of nitrogens with zero attached hydrogens (tertiary/aromatic N) is 1. The molecule has 3 amide bonds. The molecule has 0 unspecified atom stereocenters. The smallest absolute Gasteiger partial charge is 0.305 e. The van der Waals surface area contributed by atoms with Crippen LogP contribution in [0.5, 0.6) is 0 Å². The maximum absolute atomic E-state index is 13.6. The van der Waals surface area contributed by atoms with Gasteiger partial charge in [0.25, 0.3) is 0 Å². The molecule has 3 aromatic rings. The summed E-state index contributed by atoms with van der Waals surface area (Å²) in [5.41, 5.74) is 1.78. The minimum atomic E-state index is -0.391. The van der Waals surface area contributed by atoms with Gasteiger partial charge in [0.2, 0.25) is 17.7 Å². The molecule has 3 fully saturated rings. The van der Waals surface area contributed by atoms with Gasteiger partial charge >= 0.3 is 4.87 Å². The molecular formula is C27H23N3O4S2. The van der Waals surface area contributed by atoms with Gasteiger partial charge in [-0.2, -0.15) is 0 Å². The number of nitrogens with one attached hydrogen (secondary N) is 2. The number of imide groups is 1. The average molecular weight is 518 g/mol.